The van der Waals surface area contributed by atoms with Crippen LogP contribution in [-0.4, -0.2) is 96.0 Å². The zero-order chi connectivity index (χ0) is 47.6. The highest BCUT2D eigenvalue weighted by atomic mass is 32.2. The van der Waals surface area contributed by atoms with Crippen LogP contribution in [0, 0.1) is 0 Å². The first-order chi connectivity index (χ1) is 31.5. The van der Waals surface area contributed by atoms with Crippen LogP contribution >= 0.6 is 0 Å². The molecule has 65 heavy (non-hydrogen) atoms. The number of carbonyl (C=O) groups is 2. The first kappa shape index (κ1) is 60.4. The molecule has 0 aromatic carbocycles. The number of unbranched alkanes of at least 4 members (excludes halogenated alkanes) is 20. The van der Waals surface area contributed by atoms with Crippen molar-refractivity contribution in [3.05, 3.63) is 60.8 Å². The maximum atomic E-state index is 12.9. The number of allylic oxidation sites excluding steroid dienone is 10. The lowest BCUT2D eigenvalue weighted by Crippen LogP contribution is -2.60. The van der Waals surface area contributed by atoms with Gasteiger partial charge in [0, 0.05) is 12.8 Å². The molecule has 1 saturated heterocycles. The van der Waals surface area contributed by atoms with Crippen LogP contribution in [0.3, 0.4) is 0 Å². The lowest BCUT2D eigenvalue weighted by Gasteiger charge is -2.40. The van der Waals surface area contributed by atoms with Crippen molar-refractivity contribution >= 4 is 22.1 Å². The molecule has 0 spiro atoms. The van der Waals surface area contributed by atoms with Crippen LogP contribution in [0.25, 0.3) is 0 Å². The molecular formula is C52H90O12S. The summed E-state index contributed by atoms with van der Waals surface area (Å²) in [5, 5.41) is 31.0. The summed E-state index contributed by atoms with van der Waals surface area (Å²) in [5.41, 5.74) is 0. The minimum absolute atomic E-state index is 0.124. The molecule has 6 unspecified atom stereocenters. The van der Waals surface area contributed by atoms with Crippen LogP contribution in [0.4, 0.5) is 0 Å². The van der Waals surface area contributed by atoms with Gasteiger partial charge in [-0.2, -0.15) is 8.42 Å². The zero-order valence-corrected chi connectivity index (χ0v) is 41.1. The van der Waals surface area contributed by atoms with Gasteiger partial charge in [-0.15, -0.1) is 0 Å². The Balaban J connectivity index is 2.41. The van der Waals surface area contributed by atoms with E-state index in [9.17, 15) is 37.9 Å². The maximum absolute atomic E-state index is 12.9. The largest absolute Gasteiger partial charge is 0.462 e. The Morgan fingerprint density at radius 1 is 0.538 bits per heavy atom. The number of esters is 2. The smallest absolute Gasteiger partial charge is 0.306 e. The fraction of sp³-hybridized carbons (Fsp3) is 0.769. The molecule has 0 aromatic rings. The average Bonchev–Trinajstić information content (AvgIpc) is 3.27. The number of ether oxygens (including phenoxy) is 4. The Labute approximate surface area is 394 Å². The summed E-state index contributed by atoms with van der Waals surface area (Å²) in [7, 11) is -4.61. The van der Waals surface area contributed by atoms with E-state index in [1.54, 1.807) is 0 Å². The lowest BCUT2D eigenvalue weighted by atomic mass is 10.00. The van der Waals surface area contributed by atoms with Crippen LogP contribution in [0.2, 0.25) is 0 Å². The predicted octanol–water partition coefficient (Wildman–Crippen LogP) is 11.3. The SMILES string of the molecule is CC/C=C\C/C=C\C/C=C\C/C=C\C/C=C\CCCCCC(=O)OC(COC(=O)CCCCCCCCCCCCCCCCCCCC)COC1OC(CS(=O)(=O)O)C(O)C(O)C1O. The van der Waals surface area contributed by atoms with E-state index in [0.29, 0.717) is 12.8 Å². The third-order valence-corrected chi connectivity index (χ3v) is 12.1. The average molecular weight is 939 g/mol. The van der Waals surface area contributed by atoms with Gasteiger partial charge in [-0.3, -0.25) is 14.1 Å². The van der Waals surface area contributed by atoms with Crippen molar-refractivity contribution < 1.29 is 56.8 Å². The van der Waals surface area contributed by atoms with Crippen LogP contribution in [0.5, 0.6) is 0 Å². The molecule has 13 heteroatoms. The highest BCUT2D eigenvalue weighted by Crippen LogP contribution is 2.24. The summed E-state index contributed by atoms with van der Waals surface area (Å²) in [6.07, 6.45) is 42.6. The molecule has 1 heterocycles. The molecule has 0 amide bonds. The molecule has 6 atom stereocenters. The standard InChI is InChI=1S/C52H90O12S/c1-3-5-7-9-11-13-15-17-19-21-23-25-27-29-31-33-35-37-39-41-48(54)63-45(43-62-52-51(57)50(56)49(55)46(64-52)44-65(58,59)60)42-61-47(53)40-38-36-34-32-30-28-26-24-22-20-18-16-14-12-10-8-6-4-2/h5,7,11,13,17,19,23,25,29,31,45-46,49-52,55-57H,3-4,6,8-10,12,14-16,18,20-22,24,26-28,30,32-44H2,1-2H3,(H,58,59,60)/b7-5-,13-11-,19-17-,25-23-,31-29-. The van der Waals surface area contributed by atoms with Gasteiger partial charge in [0.1, 0.15) is 36.8 Å². The molecule has 1 aliphatic rings. The predicted molar refractivity (Wildman–Crippen MR) is 261 cm³/mol. The minimum atomic E-state index is -4.61. The summed E-state index contributed by atoms with van der Waals surface area (Å²) >= 11 is 0. The molecule has 0 aromatic heterocycles. The van der Waals surface area contributed by atoms with Crippen molar-refractivity contribution in [3.63, 3.8) is 0 Å². The normalized spacial score (nSPS) is 20.0. The Morgan fingerprint density at radius 3 is 1.45 bits per heavy atom. The molecule has 4 N–H and O–H groups in total. The lowest BCUT2D eigenvalue weighted by molar-refractivity contribution is -0.297. The van der Waals surface area contributed by atoms with Crippen LogP contribution in [-0.2, 0) is 38.7 Å². The second kappa shape index (κ2) is 41.5. The molecule has 1 fully saturated rings. The molecule has 0 saturated carbocycles. The van der Waals surface area contributed by atoms with Gasteiger partial charge in [0.05, 0.1) is 6.61 Å². The van der Waals surface area contributed by atoms with Crippen molar-refractivity contribution in [1.29, 1.82) is 0 Å². The topological polar surface area (TPSA) is 186 Å². The highest BCUT2D eigenvalue weighted by molar-refractivity contribution is 7.85. The van der Waals surface area contributed by atoms with Gasteiger partial charge in [-0.25, -0.2) is 0 Å². The summed E-state index contributed by atoms with van der Waals surface area (Å²) in [6, 6.07) is 0. The van der Waals surface area contributed by atoms with Crippen molar-refractivity contribution in [2.24, 2.45) is 0 Å². The Hall–Kier alpha value is -2.65. The van der Waals surface area contributed by atoms with Crippen molar-refractivity contribution in [3.8, 4) is 0 Å². The molecule has 1 aliphatic heterocycles. The quantitative estimate of drug-likeness (QED) is 0.0197. The molecular weight excluding hydrogens is 849 g/mol. The summed E-state index contributed by atoms with van der Waals surface area (Å²) < 4.78 is 54.2. The van der Waals surface area contributed by atoms with E-state index in [2.05, 4.69) is 74.6 Å². The van der Waals surface area contributed by atoms with E-state index in [1.165, 1.54) is 89.9 Å². The van der Waals surface area contributed by atoms with Gasteiger partial charge in [0.25, 0.3) is 10.1 Å². The highest BCUT2D eigenvalue weighted by Gasteiger charge is 2.46. The third-order valence-electron chi connectivity index (χ3n) is 11.4. The fourth-order valence-electron chi connectivity index (χ4n) is 7.47. The molecule has 0 bridgehead atoms. The van der Waals surface area contributed by atoms with Gasteiger partial charge in [0.2, 0.25) is 0 Å². The van der Waals surface area contributed by atoms with Gasteiger partial charge < -0.3 is 34.3 Å². The van der Waals surface area contributed by atoms with Gasteiger partial charge in [0.15, 0.2) is 12.4 Å². The maximum Gasteiger partial charge on any atom is 0.306 e. The van der Waals surface area contributed by atoms with Gasteiger partial charge in [-0.1, -0.05) is 190 Å². The fourth-order valence-corrected chi connectivity index (χ4v) is 8.16. The first-order valence-corrected chi connectivity index (χ1v) is 27.0. The van der Waals surface area contributed by atoms with Crippen LogP contribution in [0.15, 0.2) is 60.8 Å². The van der Waals surface area contributed by atoms with E-state index >= 15 is 0 Å². The van der Waals surface area contributed by atoms with Gasteiger partial charge >= 0.3 is 11.9 Å². The van der Waals surface area contributed by atoms with Gasteiger partial charge in [-0.05, 0) is 57.8 Å². The minimum Gasteiger partial charge on any atom is -0.462 e. The number of carbonyl (C=O) groups excluding carboxylic acids is 2. The Kier molecular flexibility index (Phi) is 38.6. The third kappa shape index (κ3) is 36.1. The summed E-state index contributed by atoms with van der Waals surface area (Å²) in [4.78, 5) is 25.5. The Morgan fingerprint density at radius 2 is 0.969 bits per heavy atom. The number of hydrogen-bond acceptors (Lipinski definition) is 11. The monoisotopic (exact) mass is 939 g/mol. The van der Waals surface area contributed by atoms with E-state index in [-0.39, 0.29) is 19.4 Å². The van der Waals surface area contributed by atoms with E-state index in [1.807, 2.05) is 0 Å². The Bertz CT molecular complexity index is 1420. The molecule has 0 radical (unpaired) electrons. The summed E-state index contributed by atoms with van der Waals surface area (Å²) in [5.74, 6) is -2.02. The van der Waals surface area contributed by atoms with Crippen molar-refractivity contribution in [2.75, 3.05) is 19.0 Å². The van der Waals surface area contributed by atoms with E-state index < -0.39 is 71.2 Å². The van der Waals surface area contributed by atoms with Crippen molar-refractivity contribution in [2.45, 2.75) is 237 Å². The molecule has 12 nitrogen and oxygen atoms in total. The second-order valence-corrected chi connectivity index (χ2v) is 19.0. The zero-order valence-electron chi connectivity index (χ0n) is 40.3. The van der Waals surface area contributed by atoms with Crippen LogP contribution < -0.4 is 0 Å². The van der Waals surface area contributed by atoms with Crippen molar-refractivity contribution in [1.82, 2.24) is 0 Å². The van der Waals surface area contributed by atoms with Crippen LogP contribution in [0.1, 0.15) is 200 Å². The first-order valence-electron chi connectivity index (χ1n) is 25.3. The van der Waals surface area contributed by atoms with E-state index in [4.69, 9.17) is 18.9 Å². The second-order valence-electron chi connectivity index (χ2n) is 17.5. The molecule has 1 rings (SSSR count). The molecule has 0 aliphatic carbocycles. The number of aliphatic hydroxyl groups is 3. The summed E-state index contributed by atoms with van der Waals surface area (Å²) in [6.45, 7) is 3.64. The number of hydrogen-bond donors (Lipinski definition) is 4. The molecule has 376 valence electrons. The number of rotatable bonds is 42. The number of aliphatic hydroxyl groups excluding tert-OH is 3. The van der Waals surface area contributed by atoms with E-state index in [0.717, 1.165) is 70.6 Å².